The number of nitrogens with zero attached hydrogens (tertiary/aromatic N) is 1. The summed E-state index contributed by atoms with van der Waals surface area (Å²) in [4.78, 5) is 3.64. The van der Waals surface area contributed by atoms with E-state index in [2.05, 4.69) is 4.98 Å². The van der Waals surface area contributed by atoms with Crippen molar-refractivity contribution in [3.05, 3.63) is 53.1 Å². The van der Waals surface area contributed by atoms with Crippen LogP contribution in [0.5, 0.6) is 0 Å². The van der Waals surface area contributed by atoms with Crippen molar-refractivity contribution in [2.75, 3.05) is 5.73 Å². The van der Waals surface area contributed by atoms with Gasteiger partial charge in [-0.3, -0.25) is 4.98 Å². The maximum atomic E-state index is 13.3. The number of benzene rings is 1. The van der Waals surface area contributed by atoms with Crippen molar-refractivity contribution < 1.29 is 12.8 Å². The number of pyridine rings is 1. The number of anilines is 1. The molecule has 0 unspecified atom stereocenters. The predicted octanol–water partition coefficient (Wildman–Crippen LogP) is 2.43. The highest BCUT2D eigenvalue weighted by Gasteiger charge is 2.18. The van der Waals surface area contributed by atoms with Gasteiger partial charge in [-0.05, 0) is 29.8 Å². The summed E-state index contributed by atoms with van der Waals surface area (Å²) in [6.07, 6.45) is 2.80. The molecule has 1 aromatic heterocycles. The highest BCUT2D eigenvalue weighted by atomic mass is 35.5. The number of hydrogen-bond acceptors (Lipinski definition) is 4. The Kier molecular flexibility index (Phi) is 3.73. The fourth-order valence-corrected chi connectivity index (χ4v) is 3.16. The zero-order chi connectivity index (χ0) is 14.0. The van der Waals surface area contributed by atoms with Crippen LogP contribution in [0.3, 0.4) is 0 Å². The number of rotatable bonds is 3. The molecular formula is C12H10ClFN2O2S. The van der Waals surface area contributed by atoms with Gasteiger partial charge in [0.1, 0.15) is 5.82 Å². The minimum Gasteiger partial charge on any atom is -0.396 e. The van der Waals surface area contributed by atoms with Crippen LogP contribution < -0.4 is 5.73 Å². The Hall–Kier alpha value is -1.66. The first-order chi connectivity index (χ1) is 8.90. The maximum Gasteiger partial charge on any atom is 0.182 e. The average Bonchev–Trinajstić information content (AvgIpc) is 2.35. The largest absolute Gasteiger partial charge is 0.396 e. The molecule has 0 aliphatic carbocycles. The minimum absolute atomic E-state index is 0.0964. The lowest BCUT2D eigenvalue weighted by Gasteiger charge is -2.07. The van der Waals surface area contributed by atoms with Gasteiger partial charge in [-0.15, -0.1) is 0 Å². The van der Waals surface area contributed by atoms with Crippen molar-refractivity contribution in [3.8, 4) is 0 Å². The van der Waals surface area contributed by atoms with E-state index in [1.54, 1.807) is 0 Å². The molecule has 0 bridgehead atoms. The van der Waals surface area contributed by atoms with Crippen LogP contribution in [0.15, 0.2) is 41.6 Å². The van der Waals surface area contributed by atoms with Crippen molar-refractivity contribution in [2.45, 2.75) is 10.6 Å². The third-order valence-electron chi connectivity index (χ3n) is 2.53. The Balaban J connectivity index is 2.38. The monoisotopic (exact) mass is 300 g/mol. The van der Waals surface area contributed by atoms with E-state index in [0.29, 0.717) is 5.56 Å². The van der Waals surface area contributed by atoms with E-state index < -0.39 is 15.7 Å². The van der Waals surface area contributed by atoms with Gasteiger partial charge in [-0.2, -0.15) is 0 Å². The normalized spacial score (nSPS) is 11.5. The number of sulfone groups is 1. The van der Waals surface area contributed by atoms with E-state index in [1.807, 2.05) is 0 Å². The van der Waals surface area contributed by atoms with Gasteiger partial charge in [0.2, 0.25) is 0 Å². The SMILES string of the molecule is Nc1ccc(S(=O)(=O)Cc2ccncc2Cl)cc1F. The van der Waals surface area contributed by atoms with Crippen LogP contribution in [0, 0.1) is 5.82 Å². The summed E-state index contributed by atoms with van der Waals surface area (Å²) in [5.41, 5.74) is 5.62. The summed E-state index contributed by atoms with van der Waals surface area (Å²) in [7, 11) is -3.68. The molecule has 100 valence electrons. The smallest absolute Gasteiger partial charge is 0.182 e. The molecule has 0 saturated heterocycles. The van der Waals surface area contributed by atoms with E-state index in [1.165, 1.54) is 30.6 Å². The van der Waals surface area contributed by atoms with Crippen LogP contribution in [0.2, 0.25) is 5.02 Å². The number of nitrogen functional groups attached to an aromatic ring is 1. The second-order valence-electron chi connectivity index (χ2n) is 3.91. The summed E-state index contributed by atoms with van der Waals surface area (Å²) >= 11 is 5.85. The molecule has 0 aliphatic rings. The van der Waals surface area contributed by atoms with Gasteiger partial charge in [0.15, 0.2) is 9.84 Å². The van der Waals surface area contributed by atoms with Crippen molar-refractivity contribution in [1.82, 2.24) is 4.98 Å². The second-order valence-corrected chi connectivity index (χ2v) is 6.31. The lowest BCUT2D eigenvalue weighted by molar-refractivity contribution is 0.591. The van der Waals surface area contributed by atoms with Gasteiger partial charge in [0, 0.05) is 12.4 Å². The molecule has 0 aliphatic heterocycles. The third kappa shape index (κ3) is 3.02. The highest BCUT2D eigenvalue weighted by molar-refractivity contribution is 7.90. The van der Waals surface area contributed by atoms with Crippen molar-refractivity contribution in [2.24, 2.45) is 0 Å². The quantitative estimate of drug-likeness (QED) is 0.884. The number of halogens is 2. The maximum absolute atomic E-state index is 13.3. The van der Waals surface area contributed by atoms with E-state index >= 15 is 0 Å². The molecule has 0 atom stereocenters. The van der Waals surface area contributed by atoms with E-state index in [9.17, 15) is 12.8 Å². The van der Waals surface area contributed by atoms with Gasteiger partial charge >= 0.3 is 0 Å². The first-order valence-corrected chi connectivity index (χ1v) is 7.29. The number of nitrogens with two attached hydrogens (primary N) is 1. The van der Waals surface area contributed by atoms with Gasteiger partial charge < -0.3 is 5.73 Å². The van der Waals surface area contributed by atoms with Gasteiger partial charge in [-0.1, -0.05) is 11.6 Å². The average molecular weight is 301 g/mol. The van der Waals surface area contributed by atoms with Gasteiger partial charge in [0.05, 0.1) is 21.4 Å². The second kappa shape index (κ2) is 5.14. The van der Waals surface area contributed by atoms with Crippen LogP contribution in [-0.2, 0) is 15.6 Å². The summed E-state index contributed by atoms with van der Waals surface area (Å²) in [6, 6.07) is 4.90. The summed E-state index contributed by atoms with van der Waals surface area (Å²) in [5, 5.41) is 0.252. The third-order valence-corrected chi connectivity index (χ3v) is 4.54. The predicted molar refractivity (Wildman–Crippen MR) is 70.9 cm³/mol. The highest BCUT2D eigenvalue weighted by Crippen LogP contribution is 2.23. The van der Waals surface area contributed by atoms with E-state index in [4.69, 9.17) is 17.3 Å². The lowest BCUT2D eigenvalue weighted by atomic mass is 10.3. The Bertz CT molecular complexity index is 719. The first kappa shape index (κ1) is 13.8. The van der Waals surface area contributed by atoms with Crippen molar-refractivity contribution >= 4 is 27.1 Å². The molecule has 0 fully saturated rings. The summed E-state index contributed by atoms with van der Waals surface area (Å²) in [6.45, 7) is 0. The Morgan fingerprint density at radius 2 is 2.05 bits per heavy atom. The number of hydrogen-bond donors (Lipinski definition) is 1. The molecule has 2 aromatic rings. The van der Waals surface area contributed by atoms with E-state index in [-0.39, 0.29) is 21.4 Å². The zero-order valence-corrected chi connectivity index (χ0v) is 11.2. The zero-order valence-electron chi connectivity index (χ0n) is 9.68. The Morgan fingerprint density at radius 1 is 1.32 bits per heavy atom. The molecule has 0 saturated carbocycles. The molecule has 0 radical (unpaired) electrons. The standard InChI is InChI=1S/C12H10ClFN2O2S/c13-10-6-16-4-3-8(10)7-19(17,18)9-1-2-12(15)11(14)5-9/h1-6H,7,15H2. The molecule has 19 heavy (non-hydrogen) atoms. The van der Waals surface area contributed by atoms with Crippen LogP contribution in [0.1, 0.15) is 5.56 Å². The van der Waals surface area contributed by atoms with Gasteiger partial charge in [-0.25, -0.2) is 12.8 Å². The van der Waals surface area contributed by atoms with Crippen LogP contribution in [0.4, 0.5) is 10.1 Å². The number of aromatic nitrogens is 1. The van der Waals surface area contributed by atoms with Crippen molar-refractivity contribution in [1.29, 1.82) is 0 Å². The Morgan fingerprint density at radius 3 is 2.68 bits per heavy atom. The molecular weight excluding hydrogens is 291 g/mol. The first-order valence-electron chi connectivity index (χ1n) is 5.26. The Labute approximate surface area is 115 Å². The fraction of sp³-hybridized carbons (Fsp3) is 0.0833. The van der Waals surface area contributed by atoms with Crippen LogP contribution in [-0.4, -0.2) is 13.4 Å². The summed E-state index contributed by atoms with van der Waals surface area (Å²) in [5.74, 6) is -1.08. The molecule has 1 aromatic carbocycles. The summed E-state index contributed by atoms with van der Waals surface area (Å²) < 4.78 is 37.6. The molecule has 2 rings (SSSR count). The minimum atomic E-state index is -3.68. The fourth-order valence-electron chi connectivity index (χ4n) is 1.51. The molecule has 7 heteroatoms. The molecule has 0 amide bonds. The van der Waals surface area contributed by atoms with Crippen LogP contribution in [0.25, 0.3) is 0 Å². The lowest BCUT2D eigenvalue weighted by Crippen LogP contribution is -2.06. The molecule has 1 heterocycles. The molecule has 0 spiro atoms. The molecule has 2 N–H and O–H groups in total. The van der Waals surface area contributed by atoms with Crippen molar-refractivity contribution in [3.63, 3.8) is 0 Å². The van der Waals surface area contributed by atoms with Crippen LogP contribution >= 0.6 is 11.6 Å². The van der Waals surface area contributed by atoms with Gasteiger partial charge in [0.25, 0.3) is 0 Å². The molecule has 4 nitrogen and oxygen atoms in total. The van der Waals surface area contributed by atoms with E-state index in [0.717, 1.165) is 6.07 Å². The topological polar surface area (TPSA) is 73.1 Å².